The van der Waals surface area contributed by atoms with Crippen molar-refractivity contribution >= 4 is 27.9 Å². The highest BCUT2D eigenvalue weighted by Gasteiger charge is 2.19. The molecule has 0 unspecified atom stereocenters. The Kier molecular flexibility index (Phi) is 3.58. The fourth-order valence-electron chi connectivity index (χ4n) is 3.73. The van der Waals surface area contributed by atoms with Crippen LogP contribution in [0.15, 0.2) is 35.0 Å². The quantitative estimate of drug-likeness (QED) is 0.565. The molecule has 0 amide bonds. The minimum Gasteiger partial charge on any atom is -0.450 e. The Morgan fingerprint density at radius 1 is 1.12 bits per heavy atom. The van der Waals surface area contributed by atoms with Crippen LogP contribution in [-0.4, -0.2) is 31.8 Å². The van der Waals surface area contributed by atoms with Gasteiger partial charge >= 0.3 is 0 Å². The SMILES string of the molecule is CN(Cc1nnc2n1CCCCC2)c1ncnc2c1oc1ccccc12. The molecule has 0 spiro atoms. The van der Waals surface area contributed by atoms with Crippen LogP contribution in [0.4, 0.5) is 5.82 Å². The van der Waals surface area contributed by atoms with Crippen molar-refractivity contribution in [2.24, 2.45) is 0 Å². The van der Waals surface area contributed by atoms with Crippen molar-refractivity contribution in [2.75, 3.05) is 11.9 Å². The zero-order valence-corrected chi connectivity index (χ0v) is 14.7. The number of rotatable bonds is 3. The van der Waals surface area contributed by atoms with E-state index in [9.17, 15) is 0 Å². The smallest absolute Gasteiger partial charge is 0.196 e. The molecule has 0 aliphatic carbocycles. The highest BCUT2D eigenvalue weighted by atomic mass is 16.3. The van der Waals surface area contributed by atoms with Crippen LogP contribution in [-0.2, 0) is 19.5 Å². The molecule has 0 radical (unpaired) electrons. The number of benzene rings is 1. The van der Waals surface area contributed by atoms with Crippen LogP contribution in [0.5, 0.6) is 0 Å². The lowest BCUT2D eigenvalue weighted by Gasteiger charge is -2.18. The molecule has 4 heterocycles. The van der Waals surface area contributed by atoms with E-state index in [1.165, 1.54) is 19.3 Å². The third-order valence-corrected chi connectivity index (χ3v) is 5.07. The molecule has 7 heteroatoms. The van der Waals surface area contributed by atoms with Gasteiger partial charge in [0.1, 0.15) is 23.3 Å². The van der Waals surface area contributed by atoms with Crippen molar-refractivity contribution in [3.8, 4) is 0 Å². The molecule has 7 nitrogen and oxygen atoms in total. The summed E-state index contributed by atoms with van der Waals surface area (Å²) < 4.78 is 8.31. The molecular weight excluding hydrogens is 328 g/mol. The first kappa shape index (κ1) is 15.3. The van der Waals surface area contributed by atoms with Crippen LogP contribution >= 0.6 is 0 Å². The molecular formula is C19H20N6O. The highest BCUT2D eigenvalue weighted by Crippen LogP contribution is 2.32. The number of nitrogens with zero attached hydrogens (tertiary/aromatic N) is 6. The molecule has 0 N–H and O–H groups in total. The average molecular weight is 348 g/mol. The Morgan fingerprint density at radius 3 is 3.00 bits per heavy atom. The first-order chi connectivity index (χ1) is 12.8. The van der Waals surface area contributed by atoms with Gasteiger partial charge in [0.05, 0.1) is 6.54 Å². The van der Waals surface area contributed by atoms with Gasteiger partial charge in [-0.25, -0.2) is 9.97 Å². The summed E-state index contributed by atoms with van der Waals surface area (Å²) >= 11 is 0. The molecule has 5 rings (SSSR count). The largest absolute Gasteiger partial charge is 0.450 e. The van der Waals surface area contributed by atoms with Crippen molar-refractivity contribution in [2.45, 2.75) is 38.8 Å². The fraction of sp³-hybridized carbons (Fsp3) is 0.368. The number of hydrogen-bond acceptors (Lipinski definition) is 6. The van der Waals surface area contributed by atoms with E-state index in [4.69, 9.17) is 4.42 Å². The molecule has 0 atom stereocenters. The molecule has 4 aromatic rings. The molecule has 1 aliphatic rings. The molecule has 1 aromatic carbocycles. The summed E-state index contributed by atoms with van der Waals surface area (Å²) in [7, 11) is 2.01. The molecule has 0 saturated heterocycles. The van der Waals surface area contributed by atoms with Gasteiger partial charge in [0.25, 0.3) is 0 Å². The maximum absolute atomic E-state index is 6.05. The Morgan fingerprint density at radius 2 is 2.04 bits per heavy atom. The summed E-state index contributed by atoms with van der Waals surface area (Å²) in [6.45, 7) is 1.63. The Balaban J connectivity index is 1.53. The predicted molar refractivity (Wildman–Crippen MR) is 99.0 cm³/mol. The van der Waals surface area contributed by atoms with Gasteiger partial charge in [0, 0.05) is 25.4 Å². The summed E-state index contributed by atoms with van der Waals surface area (Å²) in [5.74, 6) is 2.85. The van der Waals surface area contributed by atoms with Crippen molar-refractivity contribution < 1.29 is 4.42 Å². The van der Waals surface area contributed by atoms with Gasteiger partial charge in [-0.15, -0.1) is 10.2 Å². The predicted octanol–water partition coefficient (Wildman–Crippen LogP) is 3.33. The Labute approximate surface area is 150 Å². The summed E-state index contributed by atoms with van der Waals surface area (Å²) in [5.41, 5.74) is 2.39. The van der Waals surface area contributed by atoms with Crippen LogP contribution in [0.1, 0.15) is 30.9 Å². The minimum absolute atomic E-state index is 0.635. The van der Waals surface area contributed by atoms with E-state index in [-0.39, 0.29) is 0 Å². The van der Waals surface area contributed by atoms with Crippen LogP contribution in [0.2, 0.25) is 0 Å². The molecule has 0 fully saturated rings. The van der Waals surface area contributed by atoms with E-state index in [0.717, 1.165) is 46.9 Å². The van der Waals surface area contributed by atoms with E-state index in [0.29, 0.717) is 12.1 Å². The fourth-order valence-corrected chi connectivity index (χ4v) is 3.73. The van der Waals surface area contributed by atoms with E-state index in [1.807, 2.05) is 31.3 Å². The maximum Gasteiger partial charge on any atom is 0.196 e. The monoisotopic (exact) mass is 348 g/mol. The highest BCUT2D eigenvalue weighted by molar-refractivity contribution is 6.05. The number of furan rings is 1. The van der Waals surface area contributed by atoms with E-state index < -0.39 is 0 Å². The van der Waals surface area contributed by atoms with Crippen LogP contribution in [0, 0.1) is 0 Å². The summed E-state index contributed by atoms with van der Waals surface area (Å²) in [6, 6.07) is 7.94. The number of aromatic nitrogens is 5. The zero-order chi connectivity index (χ0) is 17.5. The number of aryl methyl sites for hydroxylation is 1. The van der Waals surface area contributed by atoms with Crippen molar-refractivity contribution in [1.82, 2.24) is 24.7 Å². The lowest BCUT2D eigenvalue weighted by atomic mass is 10.2. The minimum atomic E-state index is 0.635. The summed E-state index contributed by atoms with van der Waals surface area (Å²) in [4.78, 5) is 11.0. The van der Waals surface area contributed by atoms with E-state index in [1.54, 1.807) is 6.33 Å². The normalized spacial score (nSPS) is 14.5. The van der Waals surface area contributed by atoms with Gasteiger partial charge in [0.2, 0.25) is 0 Å². The lowest BCUT2D eigenvalue weighted by Crippen LogP contribution is -2.21. The number of para-hydroxylation sites is 1. The molecule has 3 aromatic heterocycles. The van der Waals surface area contributed by atoms with Gasteiger partial charge in [-0.05, 0) is 25.0 Å². The van der Waals surface area contributed by atoms with E-state index >= 15 is 0 Å². The zero-order valence-electron chi connectivity index (χ0n) is 14.7. The lowest BCUT2D eigenvalue weighted by molar-refractivity contribution is 0.600. The van der Waals surface area contributed by atoms with Gasteiger partial charge in [-0.3, -0.25) is 0 Å². The Bertz CT molecular complexity index is 1080. The van der Waals surface area contributed by atoms with Crippen LogP contribution in [0.3, 0.4) is 0 Å². The van der Waals surface area contributed by atoms with E-state index in [2.05, 4.69) is 29.6 Å². The third-order valence-electron chi connectivity index (χ3n) is 5.07. The number of hydrogen-bond donors (Lipinski definition) is 0. The van der Waals surface area contributed by atoms with Crippen molar-refractivity contribution in [3.63, 3.8) is 0 Å². The second kappa shape index (κ2) is 6.09. The van der Waals surface area contributed by atoms with Gasteiger partial charge < -0.3 is 13.9 Å². The standard InChI is InChI=1S/C19H20N6O/c1-24(11-16-23-22-15-9-3-2-6-10-25(15)16)19-18-17(20-12-21-19)13-7-4-5-8-14(13)26-18/h4-5,7-8,12H,2-3,6,9-11H2,1H3. The molecule has 132 valence electrons. The van der Waals surface area contributed by atoms with Gasteiger partial charge in [-0.2, -0.15) is 0 Å². The van der Waals surface area contributed by atoms with Crippen LogP contribution < -0.4 is 4.90 Å². The maximum atomic E-state index is 6.05. The van der Waals surface area contributed by atoms with Gasteiger partial charge in [0.15, 0.2) is 17.2 Å². The second-order valence-corrected chi connectivity index (χ2v) is 6.82. The molecule has 26 heavy (non-hydrogen) atoms. The second-order valence-electron chi connectivity index (χ2n) is 6.82. The topological polar surface area (TPSA) is 72.9 Å². The first-order valence-corrected chi connectivity index (χ1v) is 9.05. The van der Waals surface area contributed by atoms with Crippen LogP contribution in [0.25, 0.3) is 22.1 Å². The van der Waals surface area contributed by atoms with Crippen molar-refractivity contribution in [1.29, 1.82) is 0 Å². The molecule has 0 saturated carbocycles. The average Bonchev–Trinajstić information content (AvgIpc) is 3.14. The molecule has 0 bridgehead atoms. The first-order valence-electron chi connectivity index (χ1n) is 9.05. The summed E-state index contributed by atoms with van der Waals surface area (Å²) in [5, 5.41) is 9.83. The molecule has 1 aliphatic heterocycles. The Hall–Kier alpha value is -2.96. The third kappa shape index (κ3) is 2.42. The summed E-state index contributed by atoms with van der Waals surface area (Å²) in [6.07, 6.45) is 6.24. The number of fused-ring (bicyclic) bond motifs is 4. The number of anilines is 1. The van der Waals surface area contributed by atoms with Crippen molar-refractivity contribution in [3.05, 3.63) is 42.2 Å². The van der Waals surface area contributed by atoms with Gasteiger partial charge in [-0.1, -0.05) is 18.6 Å².